The highest BCUT2D eigenvalue weighted by molar-refractivity contribution is 5.33. The van der Waals surface area contributed by atoms with Crippen LogP contribution in [0, 0.1) is 6.92 Å². The van der Waals surface area contributed by atoms with Gasteiger partial charge in [-0.1, -0.05) is 6.42 Å². The molecule has 20 heavy (non-hydrogen) atoms. The lowest BCUT2D eigenvalue weighted by molar-refractivity contribution is -0.0838. The number of hydrogen-bond acceptors (Lipinski definition) is 5. The number of likely N-dealkylation sites (N-methyl/N-ethyl adjacent to an activating group) is 1. The van der Waals surface area contributed by atoms with Crippen molar-refractivity contribution in [3.05, 3.63) is 17.5 Å². The van der Waals surface area contributed by atoms with Crippen molar-refractivity contribution in [1.82, 2.24) is 9.97 Å². The third-order valence-electron chi connectivity index (χ3n) is 4.09. The molecule has 110 valence electrons. The monoisotopic (exact) mass is 277 g/mol. The Kier molecular flexibility index (Phi) is 4.17. The van der Waals surface area contributed by atoms with Gasteiger partial charge in [0.2, 0.25) is 5.95 Å². The smallest absolute Gasteiger partial charge is 0.225 e. The quantitative estimate of drug-likeness (QED) is 0.841. The summed E-state index contributed by atoms with van der Waals surface area (Å²) in [5.74, 6) is 1.44. The molecule has 0 radical (unpaired) electrons. The van der Waals surface area contributed by atoms with Crippen molar-refractivity contribution in [3.63, 3.8) is 0 Å². The molecule has 1 aliphatic heterocycles. The zero-order valence-electron chi connectivity index (χ0n) is 12.3. The van der Waals surface area contributed by atoms with Gasteiger partial charge in [-0.3, -0.25) is 0 Å². The summed E-state index contributed by atoms with van der Waals surface area (Å²) in [7, 11) is 2.03. The maximum atomic E-state index is 5.69. The minimum Gasteiger partial charge on any atom is -0.376 e. The summed E-state index contributed by atoms with van der Waals surface area (Å²) in [5, 5.41) is 0. The fourth-order valence-electron chi connectivity index (χ4n) is 2.69. The average molecular weight is 277 g/mol. The van der Waals surface area contributed by atoms with Gasteiger partial charge in [0, 0.05) is 30.9 Å². The Hall–Kier alpha value is -1.20. The van der Waals surface area contributed by atoms with Gasteiger partial charge >= 0.3 is 0 Å². The number of ether oxygens (including phenoxy) is 2. The zero-order valence-corrected chi connectivity index (χ0v) is 12.3. The molecule has 5 heteroatoms. The Labute approximate surface area is 120 Å². The average Bonchev–Trinajstić information content (AvgIpc) is 2.37. The second kappa shape index (κ2) is 6.06. The second-order valence-electron chi connectivity index (χ2n) is 5.81. The van der Waals surface area contributed by atoms with Crippen LogP contribution in [0.2, 0.25) is 0 Å². The van der Waals surface area contributed by atoms with E-state index in [9.17, 15) is 0 Å². The second-order valence-corrected chi connectivity index (χ2v) is 5.81. The maximum absolute atomic E-state index is 5.69. The molecule has 0 N–H and O–H groups in total. The molecule has 2 aliphatic rings. The largest absolute Gasteiger partial charge is 0.376 e. The highest BCUT2D eigenvalue weighted by Gasteiger charge is 2.23. The molecule has 1 saturated carbocycles. The molecule has 2 fully saturated rings. The van der Waals surface area contributed by atoms with Gasteiger partial charge in [-0.2, -0.15) is 0 Å². The minimum absolute atomic E-state index is 0.116. The molecule has 1 atom stereocenters. The molecular weight excluding hydrogens is 254 g/mol. The van der Waals surface area contributed by atoms with E-state index in [1.165, 1.54) is 25.0 Å². The van der Waals surface area contributed by atoms with Crippen LogP contribution >= 0.6 is 0 Å². The highest BCUT2D eigenvalue weighted by atomic mass is 16.6. The van der Waals surface area contributed by atoms with Crippen LogP contribution in [0.15, 0.2) is 6.07 Å². The van der Waals surface area contributed by atoms with E-state index in [0.29, 0.717) is 25.7 Å². The Morgan fingerprint density at radius 3 is 2.80 bits per heavy atom. The van der Waals surface area contributed by atoms with Gasteiger partial charge in [0.05, 0.1) is 25.9 Å². The SMILES string of the molecule is Cc1cc(C2CCC2)nc(N(C)C[C@H]2COCCO2)n1. The van der Waals surface area contributed by atoms with Crippen molar-refractivity contribution >= 4 is 5.95 Å². The van der Waals surface area contributed by atoms with E-state index in [-0.39, 0.29) is 6.10 Å². The van der Waals surface area contributed by atoms with E-state index in [2.05, 4.69) is 16.0 Å². The molecule has 1 aromatic rings. The molecule has 0 amide bonds. The Morgan fingerprint density at radius 1 is 1.30 bits per heavy atom. The summed E-state index contributed by atoms with van der Waals surface area (Å²) in [6, 6.07) is 2.13. The number of nitrogens with zero attached hydrogens (tertiary/aromatic N) is 3. The fraction of sp³-hybridized carbons (Fsp3) is 0.733. The predicted octanol–water partition coefficient (Wildman–Crippen LogP) is 1.90. The van der Waals surface area contributed by atoms with Gasteiger partial charge < -0.3 is 14.4 Å². The molecule has 0 spiro atoms. The number of anilines is 1. The number of aryl methyl sites for hydroxylation is 1. The van der Waals surface area contributed by atoms with Gasteiger partial charge in [0.1, 0.15) is 0 Å². The Morgan fingerprint density at radius 2 is 2.15 bits per heavy atom. The van der Waals surface area contributed by atoms with Gasteiger partial charge in [0.15, 0.2) is 0 Å². The molecule has 5 nitrogen and oxygen atoms in total. The van der Waals surface area contributed by atoms with Crippen molar-refractivity contribution in [3.8, 4) is 0 Å². The van der Waals surface area contributed by atoms with E-state index in [4.69, 9.17) is 14.5 Å². The number of hydrogen-bond donors (Lipinski definition) is 0. The van der Waals surface area contributed by atoms with Crippen LogP contribution in [0.3, 0.4) is 0 Å². The summed E-state index contributed by atoms with van der Waals surface area (Å²) >= 11 is 0. The summed E-state index contributed by atoms with van der Waals surface area (Å²) in [5.41, 5.74) is 2.25. The van der Waals surface area contributed by atoms with E-state index in [1.54, 1.807) is 0 Å². The first-order valence-corrected chi connectivity index (χ1v) is 7.48. The molecule has 0 aromatic carbocycles. The fourth-order valence-corrected chi connectivity index (χ4v) is 2.69. The minimum atomic E-state index is 0.116. The molecule has 1 saturated heterocycles. The lowest BCUT2D eigenvalue weighted by Crippen LogP contribution is -2.39. The normalized spacial score (nSPS) is 23.4. The van der Waals surface area contributed by atoms with Crippen molar-refractivity contribution < 1.29 is 9.47 Å². The first-order valence-electron chi connectivity index (χ1n) is 7.48. The zero-order chi connectivity index (χ0) is 13.9. The predicted molar refractivity (Wildman–Crippen MR) is 77.2 cm³/mol. The molecule has 2 heterocycles. The summed E-state index contributed by atoms with van der Waals surface area (Å²) in [4.78, 5) is 11.4. The van der Waals surface area contributed by atoms with Crippen molar-refractivity contribution in [2.24, 2.45) is 0 Å². The molecular formula is C15H23N3O2. The van der Waals surface area contributed by atoms with Crippen LogP contribution in [-0.2, 0) is 9.47 Å². The molecule has 0 unspecified atom stereocenters. The third-order valence-corrected chi connectivity index (χ3v) is 4.09. The maximum Gasteiger partial charge on any atom is 0.225 e. The van der Waals surface area contributed by atoms with Crippen LogP contribution in [0.5, 0.6) is 0 Å². The third kappa shape index (κ3) is 3.10. The van der Waals surface area contributed by atoms with E-state index in [1.807, 2.05) is 14.0 Å². The molecule has 1 aromatic heterocycles. The van der Waals surface area contributed by atoms with Gasteiger partial charge in [-0.15, -0.1) is 0 Å². The van der Waals surface area contributed by atoms with Crippen LogP contribution in [-0.4, -0.2) is 49.5 Å². The first kappa shape index (κ1) is 13.8. The summed E-state index contributed by atoms with van der Waals surface area (Å²) in [6.07, 6.45) is 3.97. The van der Waals surface area contributed by atoms with Crippen molar-refractivity contribution in [2.45, 2.75) is 38.2 Å². The number of aromatic nitrogens is 2. The molecule has 0 bridgehead atoms. The lowest BCUT2D eigenvalue weighted by atomic mass is 9.83. The highest BCUT2D eigenvalue weighted by Crippen LogP contribution is 2.35. The van der Waals surface area contributed by atoms with E-state index < -0.39 is 0 Å². The first-order chi connectivity index (χ1) is 9.72. The van der Waals surface area contributed by atoms with Crippen LogP contribution in [0.4, 0.5) is 5.95 Å². The number of rotatable bonds is 4. The van der Waals surface area contributed by atoms with Crippen LogP contribution < -0.4 is 4.90 Å². The van der Waals surface area contributed by atoms with E-state index >= 15 is 0 Å². The Balaban J connectivity index is 1.69. The van der Waals surface area contributed by atoms with E-state index in [0.717, 1.165) is 18.2 Å². The molecule has 3 rings (SSSR count). The lowest BCUT2D eigenvalue weighted by Gasteiger charge is -2.29. The van der Waals surface area contributed by atoms with Gasteiger partial charge in [0.25, 0.3) is 0 Å². The molecule has 1 aliphatic carbocycles. The summed E-state index contributed by atoms with van der Waals surface area (Å²) < 4.78 is 11.1. The van der Waals surface area contributed by atoms with Crippen molar-refractivity contribution in [1.29, 1.82) is 0 Å². The van der Waals surface area contributed by atoms with Gasteiger partial charge in [-0.05, 0) is 25.8 Å². The Bertz CT molecular complexity index is 456. The van der Waals surface area contributed by atoms with Crippen molar-refractivity contribution in [2.75, 3.05) is 38.3 Å². The topological polar surface area (TPSA) is 47.5 Å². The standard InChI is InChI=1S/C15H23N3O2/c1-11-8-14(12-4-3-5-12)17-15(16-11)18(2)9-13-10-19-6-7-20-13/h8,12-13H,3-7,9-10H2,1-2H3/t13-/m0/s1. The van der Waals surface area contributed by atoms with Crippen LogP contribution in [0.1, 0.15) is 36.6 Å². The summed E-state index contributed by atoms with van der Waals surface area (Å²) in [6.45, 7) is 4.86. The van der Waals surface area contributed by atoms with Gasteiger partial charge in [-0.25, -0.2) is 9.97 Å². The van der Waals surface area contributed by atoms with Crippen LogP contribution in [0.25, 0.3) is 0 Å².